The molecule has 1 aromatic carbocycles. The van der Waals surface area contributed by atoms with Gasteiger partial charge in [0.1, 0.15) is 18.2 Å². The molecular weight excluding hydrogens is 537 g/mol. The minimum Gasteiger partial charge on any atom is -0.460 e. The van der Waals surface area contributed by atoms with E-state index in [9.17, 15) is 23.2 Å². The van der Waals surface area contributed by atoms with Gasteiger partial charge >= 0.3 is 12.1 Å². The molecule has 0 aliphatic rings. The number of amides is 2. The Kier molecular flexibility index (Phi) is 9.33. The number of nitrogens with one attached hydrogen (secondary N) is 2. The van der Waals surface area contributed by atoms with Gasteiger partial charge in [-0.1, -0.05) is 29.3 Å². The minimum absolute atomic E-state index is 0.00557. The Morgan fingerprint density at radius 1 is 1.16 bits per heavy atom. The highest BCUT2D eigenvalue weighted by molar-refractivity contribution is 6.34. The number of likely N-dealkylation sites (N-methyl/N-ethyl adjacent to an activating group) is 1. The highest BCUT2D eigenvalue weighted by atomic mass is 35.5. The lowest BCUT2D eigenvalue weighted by molar-refractivity contribution is -0.143. The predicted molar refractivity (Wildman–Crippen MR) is 129 cm³/mol. The third-order valence-electron chi connectivity index (χ3n) is 4.71. The van der Waals surface area contributed by atoms with Crippen molar-refractivity contribution in [3.8, 4) is 0 Å². The summed E-state index contributed by atoms with van der Waals surface area (Å²) in [5.74, 6) is -3.16. The number of carbonyl (C=O) groups excluding carboxylic acids is 3. The van der Waals surface area contributed by atoms with Crippen LogP contribution >= 0.6 is 23.2 Å². The first kappa shape index (κ1) is 27.8. The zero-order valence-electron chi connectivity index (χ0n) is 19.4. The second-order valence-corrected chi connectivity index (χ2v) is 8.07. The van der Waals surface area contributed by atoms with Gasteiger partial charge in [-0.3, -0.25) is 14.5 Å². The van der Waals surface area contributed by atoms with Crippen molar-refractivity contribution in [2.24, 2.45) is 0 Å². The molecule has 0 saturated heterocycles. The maximum atomic E-state index is 14.6. The first-order valence-electron chi connectivity index (χ1n) is 10.4. The number of ether oxygens (including phenoxy) is 2. The number of hydrogen-bond donors (Lipinski definition) is 2. The molecular formula is C22H20Cl2F2N6O5. The third-order valence-corrected chi connectivity index (χ3v) is 5.38. The van der Waals surface area contributed by atoms with Crippen LogP contribution in [-0.2, 0) is 27.6 Å². The van der Waals surface area contributed by atoms with Crippen LogP contribution in [0.1, 0.15) is 16.1 Å². The summed E-state index contributed by atoms with van der Waals surface area (Å²) >= 11 is 11.8. The van der Waals surface area contributed by atoms with Crippen LogP contribution in [0.15, 0.2) is 36.5 Å². The van der Waals surface area contributed by atoms with E-state index in [1.165, 1.54) is 19.3 Å². The van der Waals surface area contributed by atoms with Crippen LogP contribution in [0.5, 0.6) is 0 Å². The molecule has 0 fully saturated rings. The molecule has 2 aromatic heterocycles. The lowest BCUT2D eigenvalue weighted by Gasteiger charge is -2.19. The molecule has 11 nitrogen and oxygen atoms in total. The zero-order chi connectivity index (χ0) is 27.1. The number of halogens is 4. The van der Waals surface area contributed by atoms with Crippen molar-refractivity contribution in [2.45, 2.75) is 13.3 Å². The van der Waals surface area contributed by atoms with Crippen molar-refractivity contribution >= 4 is 52.7 Å². The standard InChI is InChI=1S/C22H20Cl2F2N6O5/c1-27-9-16(33)36-10-12-4-3-7-28-20(12)31(2)22(35)37-11-32-19(24)17(26)18(30-32)21(34)29-15-6-5-13(25)8-14(15)23/h3-8,27H,9-11H2,1-2H3,(H,29,34). The average Bonchev–Trinajstić information content (AvgIpc) is 3.16. The van der Waals surface area contributed by atoms with E-state index in [1.54, 1.807) is 19.2 Å². The van der Waals surface area contributed by atoms with Crippen molar-refractivity contribution in [3.63, 3.8) is 0 Å². The topological polar surface area (TPSA) is 128 Å². The Labute approximate surface area is 219 Å². The fourth-order valence-electron chi connectivity index (χ4n) is 2.92. The van der Waals surface area contributed by atoms with E-state index >= 15 is 0 Å². The molecule has 0 aliphatic carbocycles. The number of aromatic nitrogens is 3. The molecule has 2 amide bonds. The molecule has 2 heterocycles. The van der Waals surface area contributed by atoms with Crippen LogP contribution in [0.25, 0.3) is 0 Å². The van der Waals surface area contributed by atoms with E-state index in [1.807, 2.05) is 0 Å². The van der Waals surface area contributed by atoms with Crippen molar-refractivity contribution < 1.29 is 32.6 Å². The number of benzene rings is 1. The number of hydrogen-bond acceptors (Lipinski definition) is 8. The second-order valence-electron chi connectivity index (χ2n) is 7.31. The Hall–Kier alpha value is -3.81. The molecule has 196 valence electrons. The van der Waals surface area contributed by atoms with E-state index in [0.29, 0.717) is 5.56 Å². The van der Waals surface area contributed by atoms with Crippen LogP contribution < -0.4 is 15.5 Å². The Morgan fingerprint density at radius 3 is 2.62 bits per heavy atom. The summed E-state index contributed by atoms with van der Waals surface area (Å²) in [5.41, 5.74) is -0.257. The lowest BCUT2D eigenvalue weighted by Crippen LogP contribution is -2.30. The van der Waals surface area contributed by atoms with Gasteiger partial charge in [0.2, 0.25) is 0 Å². The number of carbonyl (C=O) groups is 3. The van der Waals surface area contributed by atoms with Crippen LogP contribution in [-0.4, -0.2) is 53.4 Å². The lowest BCUT2D eigenvalue weighted by atomic mass is 10.2. The van der Waals surface area contributed by atoms with E-state index in [4.69, 9.17) is 32.7 Å². The van der Waals surface area contributed by atoms with Crippen LogP contribution in [0.3, 0.4) is 0 Å². The quantitative estimate of drug-likeness (QED) is 0.382. The molecule has 0 radical (unpaired) electrons. The Morgan fingerprint density at radius 2 is 1.92 bits per heavy atom. The van der Waals surface area contributed by atoms with E-state index < -0.39 is 47.2 Å². The average molecular weight is 557 g/mol. The van der Waals surface area contributed by atoms with Gasteiger partial charge < -0.3 is 20.1 Å². The summed E-state index contributed by atoms with van der Waals surface area (Å²) in [5, 5.41) is 8.00. The highest BCUT2D eigenvalue weighted by Crippen LogP contribution is 2.25. The van der Waals surface area contributed by atoms with Crippen molar-refractivity contribution in [2.75, 3.05) is 30.9 Å². The number of anilines is 2. The van der Waals surface area contributed by atoms with Gasteiger partial charge in [0.25, 0.3) is 5.91 Å². The largest absolute Gasteiger partial charge is 0.460 e. The Bertz CT molecular complexity index is 1320. The molecule has 0 unspecified atom stereocenters. The van der Waals surface area contributed by atoms with Gasteiger partial charge in [0.05, 0.1) is 17.3 Å². The second kappa shape index (κ2) is 12.4. The van der Waals surface area contributed by atoms with Crippen molar-refractivity contribution in [3.05, 3.63) is 69.6 Å². The molecule has 0 saturated carbocycles. The molecule has 0 atom stereocenters. The smallest absolute Gasteiger partial charge is 0.417 e. The first-order valence-corrected chi connectivity index (χ1v) is 11.2. The molecule has 3 aromatic rings. The minimum atomic E-state index is -1.17. The van der Waals surface area contributed by atoms with Gasteiger partial charge in [-0.05, 0) is 31.3 Å². The van der Waals surface area contributed by atoms with Crippen molar-refractivity contribution in [1.82, 2.24) is 20.1 Å². The summed E-state index contributed by atoms with van der Waals surface area (Å²) in [6.07, 6.45) is 0.508. The highest BCUT2D eigenvalue weighted by Gasteiger charge is 2.25. The predicted octanol–water partition coefficient (Wildman–Crippen LogP) is 3.61. The van der Waals surface area contributed by atoms with Crippen LogP contribution in [0.2, 0.25) is 10.2 Å². The van der Waals surface area contributed by atoms with Gasteiger partial charge in [0, 0.05) is 18.8 Å². The molecule has 0 spiro atoms. The molecule has 2 N–H and O–H groups in total. The summed E-state index contributed by atoms with van der Waals surface area (Å²) < 4.78 is 38.8. The summed E-state index contributed by atoms with van der Waals surface area (Å²) in [7, 11) is 2.95. The molecule has 0 bridgehead atoms. The van der Waals surface area contributed by atoms with Gasteiger partial charge in [0.15, 0.2) is 23.4 Å². The van der Waals surface area contributed by atoms with Crippen LogP contribution in [0, 0.1) is 11.6 Å². The monoisotopic (exact) mass is 556 g/mol. The number of pyridine rings is 1. The molecule has 37 heavy (non-hydrogen) atoms. The third kappa shape index (κ3) is 6.90. The molecule has 3 rings (SSSR count). The molecule has 0 aliphatic heterocycles. The van der Waals surface area contributed by atoms with Crippen molar-refractivity contribution in [1.29, 1.82) is 0 Å². The number of rotatable bonds is 9. The normalized spacial score (nSPS) is 10.6. The SMILES string of the molecule is CNCC(=O)OCc1cccnc1N(C)C(=O)OCn1nc(C(=O)Nc2ccc(F)cc2Cl)c(F)c1Cl. The summed E-state index contributed by atoms with van der Waals surface area (Å²) in [6.45, 7) is -0.789. The van der Waals surface area contributed by atoms with E-state index in [-0.39, 0.29) is 29.7 Å². The fourth-order valence-corrected chi connectivity index (χ4v) is 3.31. The maximum Gasteiger partial charge on any atom is 0.417 e. The molecule has 15 heteroatoms. The van der Waals surface area contributed by atoms with Crippen LogP contribution in [0.4, 0.5) is 25.1 Å². The van der Waals surface area contributed by atoms with E-state index in [0.717, 1.165) is 21.7 Å². The maximum absolute atomic E-state index is 14.6. The zero-order valence-corrected chi connectivity index (χ0v) is 20.9. The van der Waals surface area contributed by atoms with Gasteiger partial charge in [-0.15, -0.1) is 0 Å². The van der Waals surface area contributed by atoms with E-state index in [2.05, 4.69) is 20.7 Å². The number of esters is 1. The first-order chi connectivity index (χ1) is 17.6. The summed E-state index contributed by atoms with van der Waals surface area (Å²) in [4.78, 5) is 41.8. The van der Waals surface area contributed by atoms with Gasteiger partial charge in [-0.2, -0.15) is 5.10 Å². The summed E-state index contributed by atoms with van der Waals surface area (Å²) in [6, 6.07) is 6.42. The van der Waals surface area contributed by atoms with Gasteiger partial charge in [-0.25, -0.2) is 23.2 Å². The fraction of sp³-hybridized carbons (Fsp3) is 0.227. The number of nitrogens with zero attached hydrogens (tertiary/aromatic N) is 4. The Balaban J connectivity index is 1.67.